The van der Waals surface area contributed by atoms with E-state index in [2.05, 4.69) is 27.4 Å². The van der Waals surface area contributed by atoms with Crippen LogP contribution in [0.1, 0.15) is 46.5 Å². The number of ether oxygens (including phenoxy) is 2. The van der Waals surface area contributed by atoms with Gasteiger partial charge in [-0.1, -0.05) is 6.92 Å². The number of hydrogen-bond acceptors (Lipinski definition) is 5. The van der Waals surface area contributed by atoms with Crippen molar-refractivity contribution >= 4 is 17.6 Å². The third-order valence-electron chi connectivity index (χ3n) is 6.13. The fourth-order valence-electron chi connectivity index (χ4n) is 3.67. The zero-order valence-electron chi connectivity index (χ0n) is 19.8. The van der Waals surface area contributed by atoms with Crippen LogP contribution in [0.4, 0.5) is 5.69 Å². The number of benzene rings is 1. The van der Waals surface area contributed by atoms with Crippen LogP contribution >= 0.6 is 0 Å². The Balaban J connectivity index is 1.60. The summed E-state index contributed by atoms with van der Waals surface area (Å²) >= 11 is 0. The molecule has 0 spiro atoms. The van der Waals surface area contributed by atoms with Gasteiger partial charge in [-0.2, -0.15) is 0 Å². The highest BCUT2D eigenvalue weighted by molar-refractivity contribution is 5.94. The van der Waals surface area contributed by atoms with Gasteiger partial charge in [0.25, 0.3) is 0 Å². The average molecular weight is 446 g/mol. The first-order valence-corrected chi connectivity index (χ1v) is 11.8. The van der Waals surface area contributed by atoms with Gasteiger partial charge in [-0.15, -0.1) is 0 Å². The molecule has 1 amide bonds. The second-order valence-corrected chi connectivity index (χ2v) is 9.55. The van der Waals surface area contributed by atoms with Gasteiger partial charge in [-0.25, -0.2) is 0 Å². The number of rotatable bonds is 8. The van der Waals surface area contributed by atoms with Crippen LogP contribution in [-0.4, -0.2) is 62.7 Å². The van der Waals surface area contributed by atoms with E-state index in [1.165, 1.54) is 25.9 Å². The SMILES string of the molecule is CC1CCN(CCCNC(=NCC(C)(C)C(N)=O)Nc2ccc3c(c2)OCCCO3)CC1. The number of nitrogens with zero attached hydrogens (tertiary/aromatic N) is 2. The number of amides is 1. The van der Waals surface area contributed by atoms with Crippen LogP contribution < -0.4 is 25.8 Å². The topological polar surface area (TPSA) is 101 Å². The highest BCUT2D eigenvalue weighted by Gasteiger charge is 2.24. The van der Waals surface area contributed by atoms with Crippen LogP contribution in [0.5, 0.6) is 11.5 Å². The van der Waals surface area contributed by atoms with Gasteiger partial charge >= 0.3 is 0 Å². The lowest BCUT2D eigenvalue weighted by atomic mass is 9.93. The van der Waals surface area contributed by atoms with Crippen molar-refractivity contribution in [3.8, 4) is 11.5 Å². The van der Waals surface area contributed by atoms with E-state index in [-0.39, 0.29) is 5.91 Å². The molecule has 0 saturated carbocycles. The summed E-state index contributed by atoms with van der Waals surface area (Å²) in [7, 11) is 0. The van der Waals surface area contributed by atoms with Crippen molar-refractivity contribution in [1.82, 2.24) is 10.2 Å². The maximum atomic E-state index is 11.7. The normalized spacial score (nSPS) is 18.2. The minimum atomic E-state index is -0.718. The summed E-state index contributed by atoms with van der Waals surface area (Å²) in [6, 6.07) is 5.77. The summed E-state index contributed by atoms with van der Waals surface area (Å²) in [5.41, 5.74) is 5.66. The first-order chi connectivity index (χ1) is 15.3. The number of carbonyl (C=O) groups excluding carboxylic acids is 1. The number of anilines is 1. The molecular weight excluding hydrogens is 406 g/mol. The number of likely N-dealkylation sites (tertiary alicyclic amines) is 1. The molecule has 2 aliphatic heterocycles. The Labute approximate surface area is 191 Å². The van der Waals surface area contributed by atoms with E-state index in [1.807, 2.05) is 18.2 Å². The first kappa shape index (κ1) is 24.2. The van der Waals surface area contributed by atoms with Crippen molar-refractivity contribution in [3.05, 3.63) is 18.2 Å². The van der Waals surface area contributed by atoms with E-state index in [4.69, 9.17) is 15.2 Å². The Bertz CT molecular complexity index is 788. The molecule has 8 nitrogen and oxygen atoms in total. The van der Waals surface area contributed by atoms with Gasteiger partial charge in [0.15, 0.2) is 17.5 Å². The fraction of sp³-hybridized carbons (Fsp3) is 0.667. The summed E-state index contributed by atoms with van der Waals surface area (Å²) in [6.45, 7) is 11.8. The summed E-state index contributed by atoms with van der Waals surface area (Å²) in [5, 5.41) is 6.75. The van der Waals surface area contributed by atoms with E-state index in [0.717, 1.165) is 49.0 Å². The smallest absolute Gasteiger partial charge is 0.224 e. The lowest BCUT2D eigenvalue weighted by molar-refractivity contribution is -0.125. The molecule has 0 radical (unpaired) electrons. The number of aliphatic imine (C=N–C) groups is 1. The predicted molar refractivity (Wildman–Crippen MR) is 128 cm³/mol. The van der Waals surface area contributed by atoms with Crippen molar-refractivity contribution < 1.29 is 14.3 Å². The van der Waals surface area contributed by atoms with Gasteiger partial charge in [0.05, 0.1) is 25.2 Å². The Morgan fingerprint density at radius 3 is 2.66 bits per heavy atom. The van der Waals surface area contributed by atoms with Crippen molar-refractivity contribution in [2.75, 3.05) is 51.3 Å². The molecule has 0 unspecified atom stereocenters. The van der Waals surface area contributed by atoms with Crippen molar-refractivity contribution in [3.63, 3.8) is 0 Å². The fourth-order valence-corrected chi connectivity index (χ4v) is 3.67. The molecule has 32 heavy (non-hydrogen) atoms. The van der Waals surface area contributed by atoms with Crippen molar-refractivity contribution in [2.45, 2.75) is 46.5 Å². The third kappa shape index (κ3) is 7.29. The standard InChI is InChI=1S/C24H39N5O3/c1-18-8-12-29(13-9-18)11-4-10-26-23(27-17-24(2,3)22(25)30)28-19-6-7-20-21(16-19)32-15-5-14-31-20/h6-7,16,18H,4-5,8-15,17H2,1-3H3,(H2,25,30)(H2,26,27,28). The summed E-state index contributed by atoms with van der Waals surface area (Å²) < 4.78 is 11.5. The lowest BCUT2D eigenvalue weighted by Gasteiger charge is -2.30. The van der Waals surface area contributed by atoms with E-state index >= 15 is 0 Å². The van der Waals surface area contributed by atoms with Gasteiger partial charge in [-0.05, 0) is 70.8 Å². The second kappa shape index (κ2) is 11.4. The zero-order valence-corrected chi connectivity index (χ0v) is 19.8. The zero-order chi connectivity index (χ0) is 23.0. The highest BCUT2D eigenvalue weighted by Crippen LogP contribution is 2.32. The molecule has 2 heterocycles. The molecule has 0 bridgehead atoms. The molecule has 8 heteroatoms. The number of nitrogens with two attached hydrogens (primary N) is 1. The summed E-state index contributed by atoms with van der Waals surface area (Å²) in [4.78, 5) is 18.9. The molecule has 1 fully saturated rings. The molecule has 0 aliphatic carbocycles. The second-order valence-electron chi connectivity index (χ2n) is 9.55. The number of carbonyl (C=O) groups is 1. The number of nitrogens with one attached hydrogen (secondary N) is 2. The Kier molecular flexibility index (Phi) is 8.61. The van der Waals surface area contributed by atoms with Gasteiger partial charge < -0.3 is 30.7 Å². The molecular formula is C24H39N5O3. The molecule has 1 aromatic carbocycles. The number of guanidine groups is 1. The van der Waals surface area contributed by atoms with Crippen LogP contribution in [-0.2, 0) is 4.79 Å². The summed E-state index contributed by atoms with van der Waals surface area (Å²) in [5.74, 6) is 2.58. The first-order valence-electron chi connectivity index (χ1n) is 11.8. The Morgan fingerprint density at radius 2 is 1.94 bits per heavy atom. The molecule has 1 aromatic rings. The average Bonchev–Trinajstić information content (AvgIpc) is 3.01. The van der Waals surface area contributed by atoms with Crippen LogP contribution in [0.2, 0.25) is 0 Å². The van der Waals surface area contributed by atoms with E-state index in [0.29, 0.717) is 25.7 Å². The Hall–Kier alpha value is -2.48. The van der Waals surface area contributed by atoms with E-state index in [9.17, 15) is 4.79 Å². The predicted octanol–water partition coefficient (Wildman–Crippen LogP) is 2.84. The van der Waals surface area contributed by atoms with Crippen molar-refractivity contribution in [2.24, 2.45) is 22.1 Å². The van der Waals surface area contributed by atoms with E-state index in [1.54, 1.807) is 13.8 Å². The molecule has 1 saturated heterocycles. The monoisotopic (exact) mass is 445 g/mol. The highest BCUT2D eigenvalue weighted by atomic mass is 16.5. The molecule has 178 valence electrons. The number of piperidine rings is 1. The molecule has 2 aliphatic rings. The number of primary amides is 1. The molecule has 3 rings (SSSR count). The largest absolute Gasteiger partial charge is 0.490 e. The van der Waals surface area contributed by atoms with Crippen molar-refractivity contribution in [1.29, 1.82) is 0 Å². The summed E-state index contributed by atoms with van der Waals surface area (Å²) in [6.07, 6.45) is 4.46. The van der Waals surface area contributed by atoms with Gasteiger partial charge in [0.2, 0.25) is 5.91 Å². The maximum absolute atomic E-state index is 11.7. The van der Waals surface area contributed by atoms with Crippen LogP contribution in [0, 0.1) is 11.3 Å². The third-order valence-corrected chi connectivity index (χ3v) is 6.13. The van der Waals surface area contributed by atoms with Gasteiger partial charge in [-0.3, -0.25) is 9.79 Å². The Morgan fingerprint density at radius 1 is 1.22 bits per heavy atom. The maximum Gasteiger partial charge on any atom is 0.224 e. The number of hydrogen-bond donors (Lipinski definition) is 3. The quantitative estimate of drug-likeness (QED) is 0.323. The molecule has 4 N–H and O–H groups in total. The van der Waals surface area contributed by atoms with E-state index < -0.39 is 5.41 Å². The van der Waals surface area contributed by atoms with Crippen LogP contribution in [0.3, 0.4) is 0 Å². The van der Waals surface area contributed by atoms with Gasteiger partial charge in [0, 0.05) is 24.7 Å². The molecule has 0 atom stereocenters. The number of fused-ring (bicyclic) bond motifs is 1. The van der Waals surface area contributed by atoms with Crippen LogP contribution in [0.25, 0.3) is 0 Å². The lowest BCUT2D eigenvalue weighted by Crippen LogP contribution is -2.38. The minimum Gasteiger partial charge on any atom is -0.490 e. The van der Waals surface area contributed by atoms with Crippen LogP contribution in [0.15, 0.2) is 23.2 Å². The molecule has 0 aromatic heterocycles. The minimum absolute atomic E-state index is 0.298. The van der Waals surface area contributed by atoms with Gasteiger partial charge in [0.1, 0.15) is 0 Å².